The van der Waals surface area contributed by atoms with E-state index < -0.39 is 18.0 Å². The summed E-state index contributed by atoms with van der Waals surface area (Å²) in [4.78, 5) is 22.4. The number of rotatable bonds is 9. The van der Waals surface area contributed by atoms with Crippen LogP contribution in [0.25, 0.3) is 0 Å². The van der Waals surface area contributed by atoms with E-state index in [1.807, 2.05) is 30.3 Å². The van der Waals surface area contributed by atoms with E-state index in [1.165, 1.54) is 24.3 Å². The van der Waals surface area contributed by atoms with Crippen molar-refractivity contribution in [1.82, 2.24) is 0 Å². The molecule has 1 atom stereocenters. The SMILES string of the molecule is O=C(O)c1ccc(OC(CCC2(Oc3ccccc3)CC2)C(=O)O)cc1. The van der Waals surface area contributed by atoms with E-state index in [0.29, 0.717) is 18.6 Å². The first-order chi connectivity index (χ1) is 12.5. The van der Waals surface area contributed by atoms with Gasteiger partial charge >= 0.3 is 11.9 Å². The molecule has 0 radical (unpaired) electrons. The molecule has 6 nitrogen and oxygen atoms in total. The quantitative estimate of drug-likeness (QED) is 0.713. The second-order valence-electron chi connectivity index (χ2n) is 6.41. The minimum Gasteiger partial charge on any atom is -0.487 e. The van der Waals surface area contributed by atoms with Gasteiger partial charge in [-0.15, -0.1) is 0 Å². The number of carboxylic acids is 2. The van der Waals surface area contributed by atoms with Crippen LogP contribution in [0, 0.1) is 0 Å². The molecule has 2 aromatic rings. The van der Waals surface area contributed by atoms with E-state index >= 15 is 0 Å². The highest BCUT2D eigenvalue weighted by Crippen LogP contribution is 2.44. The number of aromatic carboxylic acids is 1. The van der Waals surface area contributed by atoms with Crippen LogP contribution in [0.4, 0.5) is 0 Å². The average Bonchev–Trinajstić information content (AvgIpc) is 3.39. The second-order valence-corrected chi connectivity index (χ2v) is 6.41. The van der Waals surface area contributed by atoms with Crippen molar-refractivity contribution in [1.29, 1.82) is 0 Å². The lowest BCUT2D eigenvalue weighted by molar-refractivity contribution is -0.145. The standard InChI is InChI=1S/C20H20O6/c21-18(22)14-6-8-15(9-7-14)25-17(19(23)24)10-11-20(12-13-20)26-16-4-2-1-3-5-16/h1-9,17H,10-13H2,(H,21,22)(H,23,24). The number of hydrogen-bond acceptors (Lipinski definition) is 4. The molecule has 3 rings (SSSR count). The van der Waals surface area contributed by atoms with Crippen LogP contribution in [0.5, 0.6) is 11.5 Å². The fourth-order valence-corrected chi connectivity index (χ4v) is 2.75. The Morgan fingerprint density at radius 1 is 0.962 bits per heavy atom. The van der Waals surface area contributed by atoms with Crippen molar-refractivity contribution >= 4 is 11.9 Å². The molecular weight excluding hydrogens is 336 g/mol. The van der Waals surface area contributed by atoms with E-state index in [0.717, 1.165) is 18.6 Å². The lowest BCUT2D eigenvalue weighted by atomic mass is 10.1. The highest BCUT2D eigenvalue weighted by Gasteiger charge is 2.46. The maximum absolute atomic E-state index is 11.5. The third-order valence-corrected chi connectivity index (χ3v) is 4.40. The predicted octanol–water partition coefficient (Wildman–Crippen LogP) is 3.61. The van der Waals surface area contributed by atoms with Gasteiger partial charge in [0.25, 0.3) is 0 Å². The molecule has 0 bridgehead atoms. The van der Waals surface area contributed by atoms with Gasteiger partial charge in [-0.25, -0.2) is 9.59 Å². The van der Waals surface area contributed by atoms with E-state index in [9.17, 15) is 14.7 Å². The molecule has 0 aliphatic heterocycles. The first-order valence-corrected chi connectivity index (χ1v) is 8.44. The Labute approximate surface area is 151 Å². The number of aliphatic carboxylic acids is 1. The summed E-state index contributed by atoms with van der Waals surface area (Å²) in [6, 6.07) is 15.2. The Hall–Kier alpha value is -3.02. The van der Waals surface area contributed by atoms with Crippen molar-refractivity contribution < 1.29 is 29.3 Å². The zero-order chi connectivity index (χ0) is 18.6. The molecule has 2 N–H and O–H groups in total. The summed E-state index contributed by atoms with van der Waals surface area (Å²) >= 11 is 0. The van der Waals surface area contributed by atoms with Crippen molar-refractivity contribution in [3.05, 3.63) is 60.2 Å². The van der Waals surface area contributed by atoms with Gasteiger partial charge in [-0.1, -0.05) is 18.2 Å². The smallest absolute Gasteiger partial charge is 0.344 e. The highest BCUT2D eigenvalue weighted by atomic mass is 16.5. The molecule has 1 unspecified atom stereocenters. The molecule has 0 heterocycles. The molecule has 0 aromatic heterocycles. The molecule has 136 valence electrons. The molecule has 6 heteroatoms. The highest BCUT2D eigenvalue weighted by molar-refractivity contribution is 5.87. The zero-order valence-corrected chi connectivity index (χ0v) is 14.1. The lowest BCUT2D eigenvalue weighted by Gasteiger charge is -2.21. The van der Waals surface area contributed by atoms with Gasteiger partial charge in [-0.05, 0) is 62.1 Å². The Bertz CT molecular complexity index is 765. The molecule has 1 saturated carbocycles. The fraction of sp³-hybridized carbons (Fsp3) is 0.300. The lowest BCUT2D eigenvalue weighted by Crippen LogP contribution is -2.30. The minimum atomic E-state index is -1.05. The number of hydrogen-bond donors (Lipinski definition) is 2. The van der Waals surface area contributed by atoms with Crippen LogP contribution < -0.4 is 9.47 Å². The molecule has 1 aliphatic carbocycles. The van der Waals surface area contributed by atoms with Gasteiger partial charge in [0.05, 0.1) is 5.56 Å². The Kier molecular flexibility index (Phi) is 5.11. The second kappa shape index (κ2) is 7.47. The normalized spacial score (nSPS) is 15.7. The minimum absolute atomic E-state index is 0.123. The summed E-state index contributed by atoms with van der Waals surface area (Å²) in [5.74, 6) is -0.985. The largest absolute Gasteiger partial charge is 0.487 e. The van der Waals surface area contributed by atoms with Crippen molar-refractivity contribution in [2.75, 3.05) is 0 Å². The van der Waals surface area contributed by atoms with Crippen LogP contribution in [-0.2, 0) is 4.79 Å². The molecule has 1 fully saturated rings. The number of ether oxygens (including phenoxy) is 2. The average molecular weight is 356 g/mol. The monoisotopic (exact) mass is 356 g/mol. The Morgan fingerprint density at radius 3 is 2.15 bits per heavy atom. The van der Waals surface area contributed by atoms with Crippen molar-refractivity contribution in [3.63, 3.8) is 0 Å². The summed E-state index contributed by atoms with van der Waals surface area (Å²) in [6.07, 6.45) is 1.65. The molecule has 2 aromatic carbocycles. The summed E-state index contributed by atoms with van der Waals surface area (Å²) in [6.45, 7) is 0. The van der Waals surface area contributed by atoms with Crippen molar-refractivity contribution in [2.24, 2.45) is 0 Å². The van der Waals surface area contributed by atoms with E-state index in [-0.39, 0.29) is 11.2 Å². The number of para-hydroxylation sites is 1. The third-order valence-electron chi connectivity index (χ3n) is 4.40. The fourth-order valence-electron chi connectivity index (χ4n) is 2.75. The van der Waals surface area contributed by atoms with Gasteiger partial charge in [-0.3, -0.25) is 0 Å². The predicted molar refractivity (Wildman–Crippen MR) is 93.7 cm³/mol. The number of benzene rings is 2. The third kappa shape index (κ3) is 4.53. The molecule has 26 heavy (non-hydrogen) atoms. The molecule has 0 spiro atoms. The summed E-state index contributed by atoms with van der Waals surface area (Å²) in [5.41, 5.74) is -0.191. The van der Waals surface area contributed by atoms with Gasteiger partial charge in [0.1, 0.15) is 17.1 Å². The first-order valence-electron chi connectivity index (χ1n) is 8.44. The topological polar surface area (TPSA) is 93.1 Å². The van der Waals surface area contributed by atoms with E-state index in [4.69, 9.17) is 14.6 Å². The van der Waals surface area contributed by atoms with E-state index in [2.05, 4.69) is 0 Å². The molecule has 1 aliphatic rings. The van der Waals surface area contributed by atoms with Gasteiger partial charge < -0.3 is 19.7 Å². The van der Waals surface area contributed by atoms with E-state index in [1.54, 1.807) is 0 Å². The number of carboxylic acid groups (broad SMARTS) is 2. The van der Waals surface area contributed by atoms with Crippen molar-refractivity contribution in [2.45, 2.75) is 37.4 Å². The van der Waals surface area contributed by atoms with Crippen LogP contribution in [0.3, 0.4) is 0 Å². The molecule has 0 saturated heterocycles. The summed E-state index contributed by atoms with van der Waals surface area (Å²) < 4.78 is 11.6. The van der Waals surface area contributed by atoms with Gasteiger partial charge in [0.2, 0.25) is 0 Å². The Morgan fingerprint density at radius 2 is 1.62 bits per heavy atom. The molecule has 0 amide bonds. The van der Waals surface area contributed by atoms with Gasteiger partial charge in [0, 0.05) is 0 Å². The van der Waals surface area contributed by atoms with Crippen LogP contribution in [0.2, 0.25) is 0 Å². The number of carbonyl (C=O) groups is 2. The van der Waals surface area contributed by atoms with Crippen LogP contribution in [0.1, 0.15) is 36.0 Å². The van der Waals surface area contributed by atoms with Crippen molar-refractivity contribution in [3.8, 4) is 11.5 Å². The Balaban J connectivity index is 1.58. The van der Waals surface area contributed by atoms with Crippen LogP contribution in [-0.4, -0.2) is 33.9 Å². The van der Waals surface area contributed by atoms with Crippen LogP contribution in [0.15, 0.2) is 54.6 Å². The van der Waals surface area contributed by atoms with Gasteiger partial charge in [-0.2, -0.15) is 0 Å². The first kappa shape index (κ1) is 17.8. The summed E-state index contributed by atoms with van der Waals surface area (Å²) in [7, 11) is 0. The summed E-state index contributed by atoms with van der Waals surface area (Å²) in [5, 5.41) is 18.3. The van der Waals surface area contributed by atoms with Gasteiger partial charge in [0.15, 0.2) is 6.10 Å². The zero-order valence-electron chi connectivity index (χ0n) is 14.1. The van der Waals surface area contributed by atoms with Crippen LogP contribution >= 0.6 is 0 Å². The molecular formula is C20H20O6. The maximum atomic E-state index is 11.5. The maximum Gasteiger partial charge on any atom is 0.344 e.